The molecule has 3 aromatic rings. The third-order valence-electron chi connectivity index (χ3n) is 3.34. The van der Waals surface area contributed by atoms with E-state index >= 15 is 0 Å². The van der Waals surface area contributed by atoms with Gasteiger partial charge in [-0.1, -0.05) is 24.3 Å². The van der Waals surface area contributed by atoms with E-state index in [9.17, 15) is 5.11 Å². The third-order valence-corrected chi connectivity index (χ3v) is 3.34. The highest BCUT2D eigenvalue weighted by atomic mass is 16.3. The fourth-order valence-electron chi connectivity index (χ4n) is 2.24. The summed E-state index contributed by atoms with van der Waals surface area (Å²) >= 11 is 0. The molecule has 102 valence electrons. The van der Waals surface area contributed by atoms with Gasteiger partial charge in [-0.2, -0.15) is 0 Å². The highest BCUT2D eigenvalue weighted by Crippen LogP contribution is 2.24. The summed E-state index contributed by atoms with van der Waals surface area (Å²) in [7, 11) is 0. The summed E-state index contributed by atoms with van der Waals surface area (Å²) in [6.45, 7) is 1.99. The maximum atomic E-state index is 9.27. The van der Waals surface area contributed by atoms with Crippen LogP contribution in [0.2, 0.25) is 0 Å². The van der Waals surface area contributed by atoms with Crippen LogP contribution in [-0.2, 0) is 6.42 Å². The van der Waals surface area contributed by atoms with Crippen LogP contribution in [0.3, 0.4) is 0 Å². The molecule has 0 radical (unpaired) electrons. The second kappa shape index (κ2) is 4.98. The number of phenols is 1. The summed E-state index contributed by atoms with van der Waals surface area (Å²) in [5, 5.41) is 9.27. The van der Waals surface area contributed by atoms with Gasteiger partial charge in [0.25, 0.3) is 0 Å². The molecule has 3 N–H and O–H groups in total. The van der Waals surface area contributed by atoms with Crippen LogP contribution in [0.25, 0.3) is 11.1 Å². The number of fused-ring (bicyclic) bond motifs is 1. The Hall–Kier alpha value is -2.33. The molecule has 0 bridgehead atoms. The second-order valence-electron chi connectivity index (χ2n) is 4.95. The number of hydrogen-bond donors (Lipinski definition) is 2. The van der Waals surface area contributed by atoms with E-state index in [1.165, 1.54) is 0 Å². The van der Waals surface area contributed by atoms with Crippen LogP contribution >= 0.6 is 0 Å². The minimum Gasteiger partial charge on any atom is -0.508 e. The fourth-order valence-corrected chi connectivity index (χ4v) is 2.24. The minimum atomic E-state index is -0.300. The Morgan fingerprint density at radius 3 is 2.65 bits per heavy atom. The Kier molecular flexibility index (Phi) is 3.16. The van der Waals surface area contributed by atoms with Crippen molar-refractivity contribution in [3.8, 4) is 5.75 Å². The van der Waals surface area contributed by atoms with E-state index in [4.69, 9.17) is 10.2 Å². The number of rotatable bonds is 3. The Bertz CT molecular complexity index is 732. The first kappa shape index (κ1) is 12.7. The number of hydrogen-bond acceptors (Lipinski definition) is 4. The lowest BCUT2D eigenvalue weighted by Gasteiger charge is -2.07. The summed E-state index contributed by atoms with van der Waals surface area (Å²) in [5.41, 5.74) is 9.88. The molecule has 20 heavy (non-hydrogen) atoms. The molecule has 1 heterocycles. The zero-order valence-corrected chi connectivity index (χ0v) is 11.2. The molecule has 0 saturated carbocycles. The summed E-state index contributed by atoms with van der Waals surface area (Å²) in [6, 6.07) is 12.6. The van der Waals surface area contributed by atoms with Gasteiger partial charge in [0.15, 0.2) is 5.58 Å². The van der Waals surface area contributed by atoms with Gasteiger partial charge in [-0.25, -0.2) is 4.98 Å². The van der Waals surface area contributed by atoms with Crippen molar-refractivity contribution in [1.82, 2.24) is 4.98 Å². The van der Waals surface area contributed by atoms with Crippen LogP contribution in [0.15, 0.2) is 46.9 Å². The van der Waals surface area contributed by atoms with Crippen LogP contribution in [-0.4, -0.2) is 10.1 Å². The highest BCUT2D eigenvalue weighted by Gasteiger charge is 2.15. The largest absolute Gasteiger partial charge is 0.508 e. The zero-order chi connectivity index (χ0) is 14.1. The molecule has 0 aliphatic carbocycles. The minimum absolute atomic E-state index is 0.250. The molecule has 4 nitrogen and oxygen atoms in total. The standard InChI is InChI=1S/C16H16N2O2/c1-10-3-2-4-14-15(10)20-16(18-14)13(17)9-11-5-7-12(19)8-6-11/h2-8,13,19H,9,17H2,1H3. The summed E-state index contributed by atoms with van der Waals surface area (Å²) in [4.78, 5) is 4.45. The first-order valence-electron chi connectivity index (χ1n) is 6.53. The van der Waals surface area contributed by atoms with Gasteiger partial charge < -0.3 is 15.3 Å². The molecule has 1 unspecified atom stereocenters. The van der Waals surface area contributed by atoms with Crippen LogP contribution in [0, 0.1) is 6.92 Å². The van der Waals surface area contributed by atoms with E-state index in [2.05, 4.69) is 4.98 Å². The van der Waals surface area contributed by atoms with Crippen LogP contribution in [0.4, 0.5) is 0 Å². The Balaban J connectivity index is 1.86. The average Bonchev–Trinajstić information content (AvgIpc) is 2.87. The van der Waals surface area contributed by atoms with Crippen molar-refractivity contribution in [1.29, 1.82) is 0 Å². The number of aromatic nitrogens is 1. The number of para-hydroxylation sites is 1. The van der Waals surface area contributed by atoms with Crippen LogP contribution in [0.1, 0.15) is 23.1 Å². The van der Waals surface area contributed by atoms with E-state index in [0.717, 1.165) is 22.2 Å². The number of aryl methyl sites for hydroxylation is 1. The van der Waals surface area contributed by atoms with Crippen LogP contribution in [0.5, 0.6) is 5.75 Å². The molecular formula is C16H16N2O2. The number of benzene rings is 2. The molecule has 3 rings (SSSR count). The molecule has 0 saturated heterocycles. The smallest absolute Gasteiger partial charge is 0.212 e. The molecule has 4 heteroatoms. The molecule has 0 aliphatic rings. The molecule has 0 spiro atoms. The van der Waals surface area contributed by atoms with E-state index in [1.807, 2.05) is 37.3 Å². The summed E-state index contributed by atoms with van der Waals surface area (Å²) in [6.07, 6.45) is 0.617. The monoisotopic (exact) mass is 268 g/mol. The van der Waals surface area contributed by atoms with Gasteiger partial charge in [0.2, 0.25) is 5.89 Å². The molecule has 1 atom stereocenters. The SMILES string of the molecule is Cc1cccc2nc(C(N)Cc3ccc(O)cc3)oc12. The van der Waals surface area contributed by atoms with Crippen molar-refractivity contribution < 1.29 is 9.52 Å². The summed E-state index contributed by atoms with van der Waals surface area (Å²) in [5.74, 6) is 0.794. The molecule has 1 aromatic heterocycles. The lowest BCUT2D eigenvalue weighted by atomic mass is 10.1. The van der Waals surface area contributed by atoms with Gasteiger partial charge in [0.05, 0.1) is 6.04 Å². The average molecular weight is 268 g/mol. The van der Waals surface area contributed by atoms with E-state index in [0.29, 0.717) is 12.3 Å². The van der Waals surface area contributed by atoms with Crippen molar-refractivity contribution in [2.75, 3.05) is 0 Å². The Morgan fingerprint density at radius 2 is 1.95 bits per heavy atom. The molecule has 2 aromatic carbocycles. The first-order chi connectivity index (χ1) is 9.63. The van der Waals surface area contributed by atoms with E-state index in [-0.39, 0.29) is 11.8 Å². The summed E-state index contributed by atoms with van der Waals surface area (Å²) < 4.78 is 5.77. The lowest BCUT2D eigenvalue weighted by molar-refractivity contribution is 0.470. The lowest BCUT2D eigenvalue weighted by Crippen LogP contribution is -2.13. The highest BCUT2D eigenvalue weighted by molar-refractivity contribution is 5.76. The molecule has 0 amide bonds. The predicted molar refractivity (Wildman–Crippen MR) is 77.5 cm³/mol. The molecule has 0 fully saturated rings. The number of phenolic OH excluding ortho intramolecular Hbond substituents is 1. The number of nitrogens with two attached hydrogens (primary N) is 1. The predicted octanol–water partition coefficient (Wildman–Crippen LogP) is 3.08. The van der Waals surface area contributed by atoms with Gasteiger partial charge in [0.1, 0.15) is 11.3 Å². The van der Waals surface area contributed by atoms with Gasteiger partial charge >= 0.3 is 0 Å². The van der Waals surface area contributed by atoms with Crippen molar-refractivity contribution in [2.24, 2.45) is 5.73 Å². The second-order valence-corrected chi connectivity index (χ2v) is 4.95. The normalized spacial score (nSPS) is 12.7. The van der Waals surface area contributed by atoms with Crippen molar-refractivity contribution in [2.45, 2.75) is 19.4 Å². The number of nitrogens with zero attached hydrogens (tertiary/aromatic N) is 1. The van der Waals surface area contributed by atoms with Crippen LogP contribution < -0.4 is 5.73 Å². The molecular weight excluding hydrogens is 252 g/mol. The number of aromatic hydroxyl groups is 1. The zero-order valence-electron chi connectivity index (χ0n) is 11.2. The van der Waals surface area contributed by atoms with Crippen molar-refractivity contribution in [3.05, 3.63) is 59.5 Å². The first-order valence-corrected chi connectivity index (χ1v) is 6.53. The van der Waals surface area contributed by atoms with Gasteiger partial charge in [-0.05, 0) is 42.7 Å². The van der Waals surface area contributed by atoms with E-state index in [1.54, 1.807) is 12.1 Å². The maximum Gasteiger partial charge on any atom is 0.212 e. The quantitative estimate of drug-likeness (QED) is 0.765. The maximum absolute atomic E-state index is 9.27. The van der Waals surface area contributed by atoms with Gasteiger partial charge in [0, 0.05) is 0 Å². The van der Waals surface area contributed by atoms with Gasteiger partial charge in [-0.15, -0.1) is 0 Å². The van der Waals surface area contributed by atoms with Gasteiger partial charge in [-0.3, -0.25) is 0 Å². The third kappa shape index (κ3) is 2.38. The van der Waals surface area contributed by atoms with E-state index < -0.39 is 0 Å². The molecule has 0 aliphatic heterocycles. The van der Waals surface area contributed by atoms with Crippen molar-refractivity contribution >= 4 is 11.1 Å². The topological polar surface area (TPSA) is 72.3 Å². The Morgan fingerprint density at radius 1 is 1.20 bits per heavy atom. The Labute approximate surface area is 116 Å². The fraction of sp³-hybridized carbons (Fsp3) is 0.188. The van der Waals surface area contributed by atoms with Crippen molar-refractivity contribution in [3.63, 3.8) is 0 Å². The number of oxazole rings is 1.